The second kappa shape index (κ2) is 9.02. The summed E-state index contributed by atoms with van der Waals surface area (Å²) in [6.07, 6.45) is 5.04. The highest BCUT2D eigenvalue weighted by Crippen LogP contribution is 2.39. The van der Waals surface area contributed by atoms with Crippen LogP contribution in [0, 0.1) is 17.8 Å². The molecule has 0 aromatic heterocycles. The zero-order chi connectivity index (χ0) is 22.9. The average molecular weight is 460 g/mol. The van der Waals surface area contributed by atoms with Crippen molar-refractivity contribution in [2.24, 2.45) is 17.8 Å². The average Bonchev–Trinajstić information content (AvgIpc) is 2.76. The molecular weight excluding hydrogens is 436 g/mol. The molecule has 1 aliphatic carbocycles. The lowest BCUT2D eigenvalue weighted by atomic mass is 9.71. The van der Waals surface area contributed by atoms with Crippen molar-refractivity contribution < 1.29 is 23.1 Å². The second-order valence-electron chi connectivity index (χ2n) is 8.45. The van der Waals surface area contributed by atoms with Crippen LogP contribution in [0.5, 0.6) is 5.75 Å². The lowest BCUT2D eigenvalue weighted by molar-refractivity contribution is -0.153. The molecule has 2 aliphatic rings. The van der Waals surface area contributed by atoms with Gasteiger partial charge in [0.15, 0.2) is 0 Å². The molecule has 1 heterocycles. The molecule has 168 valence electrons. The quantitative estimate of drug-likeness (QED) is 0.332. The number of fused-ring (bicyclic) bond motifs is 1. The van der Waals surface area contributed by atoms with E-state index in [0.29, 0.717) is 19.5 Å². The Bertz CT molecular complexity index is 1040. The highest BCUT2D eigenvalue weighted by Gasteiger charge is 2.45. The van der Waals surface area contributed by atoms with Crippen LogP contribution in [0.1, 0.15) is 30.9 Å². The van der Waals surface area contributed by atoms with Gasteiger partial charge in [0.05, 0.1) is 11.8 Å². The molecular formula is C25H24ClF2NO3. The van der Waals surface area contributed by atoms with Crippen LogP contribution in [-0.2, 0) is 22.1 Å². The Kier molecular flexibility index (Phi) is 6.33. The maximum Gasteiger partial charge on any atom is 0.315 e. The first-order valence-corrected chi connectivity index (χ1v) is 11.0. The van der Waals surface area contributed by atoms with Crippen LogP contribution in [0.4, 0.5) is 8.78 Å². The van der Waals surface area contributed by atoms with Gasteiger partial charge in [-0.2, -0.15) is 0 Å². The van der Waals surface area contributed by atoms with Crippen LogP contribution in [0.15, 0.2) is 60.7 Å². The third-order valence-electron chi connectivity index (χ3n) is 6.15. The molecule has 1 saturated heterocycles. The maximum atomic E-state index is 13.8. The van der Waals surface area contributed by atoms with E-state index in [4.69, 9.17) is 16.3 Å². The fourth-order valence-electron chi connectivity index (χ4n) is 4.52. The standard InChI is InChI=1S/C25H24ClF2NO3/c1-25(27,28)20-14-18(10-11-21(20)26)32-24(31)19-9-5-8-17-12-13-29(23(30)22(17)19)15-16-6-3-2-4-7-16/h2-8,10-11,14,17,19,22H,9,12-13,15H2,1H3/t17?,19-,22?/m0/s1. The van der Waals surface area contributed by atoms with E-state index in [1.165, 1.54) is 12.1 Å². The molecule has 0 N–H and O–H groups in total. The molecule has 3 atom stereocenters. The number of carbonyl (C=O) groups excluding carboxylic acids is 2. The lowest BCUT2D eigenvalue weighted by Crippen LogP contribution is -2.50. The number of piperidine rings is 1. The van der Waals surface area contributed by atoms with Crippen molar-refractivity contribution in [3.8, 4) is 5.75 Å². The molecule has 0 radical (unpaired) electrons. The number of carbonyl (C=O) groups is 2. The van der Waals surface area contributed by atoms with E-state index in [1.54, 1.807) is 4.90 Å². The number of nitrogens with zero attached hydrogens (tertiary/aromatic N) is 1. The summed E-state index contributed by atoms with van der Waals surface area (Å²) in [6.45, 7) is 1.84. The number of hydrogen-bond acceptors (Lipinski definition) is 3. The van der Waals surface area contributed by atoms with Gasteiger partial charge in [0.25, 0.3) is 5.92 Å². The van der Waals surface area contributed by atoms with Gasteiger partial charge in [-0.15, -0.1) is 0 Å². The van der Waals surface area contributed by atoms with E-state index in [1.807, 2.05) is 42.5 Å². The van der Waals surface area contributed by atoms with E-state index < -0.39 is 29.3 Å². The number of allylic oxidation sites excluding steroid dienone is 2. The highest BCUT2D eigenvalue weighted by atomic mass is 35.5. The lowest BCUT2D eigenvalue weighted by Gasteiger charge is -2.41. The number of hydrogen-bond donors (Lipinski definition) is 0. The normalized spacial score (nSPS) is 23.1. The zero-order valence-corrected chi connectivity index (χ0v) is 18.4. The first kappa shape index (κ1) is 22.5. The molecule has 2 aromatic rings. The van der Waals surface area contributed by atoms with Crippen LogP contribution in [-0.4, -0.2) is 23.3 Å². The number of likely N-dealkylation sites (tertiary alicyclic amines) is 1. The molecule has 4 nitrogen and oxygen atoms in total. The van der Waals surface area contributed by atoms with E-state index in [9.17, 15) is 18.4 Å². The van der Waals surface area contributed by atoms with Crippen molar-refractivity contribution in [2.75, 3.05) is 6.54 Å². The van der Waals surface area contributed by atoms with Crippen molar-refractivity contribution in [3.05, 3.63) is 76.8 Å². The summed E-state index contributed by atoms with van der Waals surface area (Å²) in [5, 5.41) is -0.100. The molecule has 7 heteroatoms. The Labute approximate surface area is 190 Å². The van der Waals surface area contributed by atoms with Crippen LogP contribution < -0.4 is 4.74 Å². The fraction of sp³-hybridized carbons (Fsp3) is 0.360. The second-order valence-corrected chi connectivity index (χ2v) is 8.85. The molecule has 32 heavy (non-hydrogen) atoms. The summed E-state index contributed by atoms with van der Waals surface area (Å²) >= 11 is 5.88. The third kappa shape index (κ3) is 4.70. The fourth-order valence-corrected chi connectivity index (χ4v) is 4.80. The minimum Gasteiger partial charge on any atom is -0.426 e. The van der Waals surface area contributed by atoms with Crippen LogP contribution in [0.2, 0.25) is 5.02 Å². The Morgan fingerprint density at radius 2 is 1.97 bits per heavy atom. The SMILES string of the molecule is CC(F)(F)c1cc(OC(=O)[C@H]2CC=CC3CCN(Cc4ccccc4)C(=O)C32)ccc1Cl. The molecule has 1 amide bonds. The summed E-state index contributed by atoms with van der Waals surface area (Å²) in [4.78, 5) is 28.1. The van der Waals surface area contributed by atoms with Gasteiger partial charge in [0.1, 0.15) is 5.75 Å². The van der Waals surface area contributed by atoms with Crippen molar-refractivity contribution >= 4 is 23.5 Å². The van der Waals surface area contributed by atoms with Crippen molar-refractivity contribution in [1.82, 2.24) is 4.90 Å². The van der Waals surface area contributed by atoms with Crippen molar-refractivity contribution in [1.29, 1.82) is 0 Å². The molecule has 4 rings (SSSR count). The van der Waals surface area contributed by atoms with Crippen LogP contribution in [0.25, 0.3) is 0 Å². The summed E-state index contributed by atoms with van der Waals surface area (Å²) < 4.78 is 33.1. The zero-order valence-electron chi connectivity index (χ0n) is 17.6. The molecule has 2 aromatic carbocycles. The predicted molar refractivity (Wildman–Crippen MR) is 117 cm³/mol. The first-order chi connectivity index (χ1) is 15.2. The van der Waals surface area contributed by atoms with E-state index >= 15 is 0 Å². The molecule has 2 unspecified atom stereocenters. The minimum atomic E-state index is -3.17. The molecule has 1 fully saturated rings. The van der Waals surface area contributed by atoms with Gasteiger partial charge in [-0.1, -0.05) is 54.1 Å². The Morgan fingerprint density at radius 3 is 2.69 bits per heavy atom. The smallest absolute Gasteiger partial charge is 0.315 e. The van der Waals surface area contributed by atoms with Gasteiger partial charge in [-0.3, -0.25) is 9.59 Å². The number of ether oxygens (including phenoxy) is 1. The topological polar surface area (TPSA) is 46.6 Å². The minimum absolute atomic E-state index is 0.00794. The van der Waals surface area contributed by atoms with Gasteiger partial charge in [-0.25, -0.2) is 8.78 Å². The number of amides is 1. The van der Waals surface area contributed by atoms with Gasteiger partial charge in [0, 0.05) is 30.6 Å². The van der Waals surface area contributed by atoms with Crippen LogP contribution in [0.3, 0.4) is 0 Å². The van der Waals surface area contributed by atoms with E-state index in [2.05, 4.69) is 0 Å². The van der Waals surface area contributed by atoms with Gasteiger partial charge < -0.3 is 9.64 Å². The molecule has 0 bridgehead atoms. The van der Waals surface area contributed by atoms with Gasteiger partial charge in [0.2, 0.25) is 5.91 Å². The number of esters is 1. The maximum absolute atomic E-state index is 13.8. The third-order valence-corrected chi connectivity index (χ3v) is 6.48. The van der Waals surface area contributed by atoms with Crippen molar-refractivity contribution in [2.45, 2.75) is 32.2 Å². The highest BCUT2D eigenvalue weighted by molar-refractivity contribution is 6.31. The molecule has 0 spiro atoms. The van der Waals surface area contributed by atoms with E-state index in [-0.39, 0.29) is 22.6 Å². The number of rotatable bonds is 5. The monoisotopic (exact) mass is 459 g/mol. The van der Waals surface area contributed by atoms with Gasteiger partial charge >= 0.3 is 5.97 Å². The summed E-state index contributed by atoms with van der Waals surface area (Å²) in [7, 11) is 0. The summed E-state index contributed by atoms with van der Waals surface area (Å²) in [5.41, 5.74) is 0.618. The number of halogens is 3. The Morgan fingerprint density at radius 1 is 1.22 bits per heavy atom. The largest absolute Gasteiger partial charge is 0.426 e. The number of alkyl halides is 2. The van der Waals surface area contributed by atoms with Crippen molar-refractivity contribution in [3.63, 3.8) is 0 Å². The number of benzene rings is 2. The first-order valence-electron chi connectivity index (χ1n) is 10.6. The Balaban J connectivity index is 1.52. The Hall–Kier alpha value is -2.73. The predicted octanol–water partition coefficient (Wildman–Crippen LogP) is 5.60. The summed E-state index contributed by atoms with van der Waals surface area (Å²) in [5.74, 6) is -5.08. The van der Waals surface area contributed by atoms with Gasteiger partial charge in [-0.05, 0) is 42.5 Å². The molecule has 0 saturated carbocycles. The molecule has 1 aliphatic heterocycles. The summed E-state index contributed by atoms with van der Waals surface area (Å²) in [6, 6.07) is 13.5. The van der Waals surface area contributed by atoms with Crippen LogP contribution >= 0.6 is 11.6 Å². The van der Waals surface area contributed by atoms with E-state index in [0.717, 1.165) is 25.0 Å².